The summed E-state index contributed by atoms with van der Waals surface area (Å²) in [5.74, 6) is -0.109. The summed E-state index contributed by atoms with van der Waals surface area (Å²) in [6.45, 7) is 3.08. The van der Waals surface area contributed by atoms with E-state index in [-0.39, 0.29) is 5.91 Å². The van der Waals surface area contributed by atoms with Gasteiger partial charge in [0.15, 0.2) is 0 Å². The summed E-state index contributed by atoms with van der Waals surface area (Å²) in [4.78, 5) is 19.0. The topological polar surface area (TPSA) is 57.6 Å². The lowest BCUT2D eigenvalue weighted by Gasteiger charge is -2.30. The summed E-state index contributed by atoms with van der Waals surface area (Å²) in [5.41, 5.74) is 6.81. The molecule has 1 aliphatic heterocycles. The van der Waals surface area contributed by atoms with E-state index in [1.807, 2.05) is 43.3 Å². The van der Waals surface area contributed by atoms with Crippen LogP contribution >= 0.6 is 11.3 Å². The van der Waals surface area contributed by atoms with Crippen LogP contribution in [0, 0.1) is 0 Å². The van der Waals surface area contributed by atoms with Gasteiger partial charge in [0.25, 0.3) is 5.91 Å². The van der Waals surface area contributed by atoms with Crippen LogP contribution in [0.4, 0.5) is 5.69 Å². The average molecular weight is 364 g/mol. The van der Waals surface area contributed by atoms with Crippen molar-refractivity contribution in [3.05, 3.63) is 59.1 Å². The van der Waals surface area contributed by atoms with Crippen molar-refractivity contribution in [2.75, 3.05) is 18.0 Å². The number of thiazole rings is 1. The Kier molecular flexibility index (Phi) is 4.67. The van der Waals surface area contributed by atoms with Crippen molar-refractivity contribution in [2.24, 2.45) is 5.10 Å². The van der Waals surface area contributed by atoms with Gasteiger partial charge >= 0.3 is 0 Å². The van der Waals surface area contributed by atoms with Gasteiger partial charge in [0.1, 0.15) is 5.01 Å². The number of nitrogens with zero attached hydrogens (tertiary/aromatic N) is 3. The van der Waals surface area contributed by atoms with Gasteiger partial charge in [0, 0.05) is 12.2 Å². The number of benzene rings is 2. The fourth-order valence-corrected chi connectivity index (χ4v) is 4.12. The second-order valence-corrected chi connectivity index (χ2v) is 7.40. The third kappa shape index (κ3) is 3.46. The number of rotatable bonds is 4. The molecule has 1 aromatic heterocycles. The van der Waals surface area contributed by atoms with Gasteiger partial charge in [0.05, 0.1) is 22.5 Å². The minimum atomic E-state index is -0.109. The Labute approximate surface area is 156 Å². The number of amides is 1. The zero-order valence-corrected chi connectivity index (χ0v) is 15.4. The number of aryl methyl sites for hydroxylation is 1. The predicted octanol–water partition coefficient (Wildman–Crippen LogP) is 3.59. The van der Waals surface area contributed by atoms with Crippen LogP contribution in [0.3, 0.4) is 0 Å². The van der Waals surface area contributed by atoms with E-state index in [1.165, 1.54) is 5.56 Å². The molecule has 1 aliphatic rings. The van der Waals surface area contributed by atoms with E-state index in [0.717, 1.165) is 46.0 Å². The molecule has 3 aromatic rings. The molecule has 0 radical (unpaired) electrons. The van der Waals surface area contributed by atoms with Crippen LogP contribution in [0.2, 0.25) is 0 Å². The SMILES string of the molecule is CC(=NNC(=O)CN1CCCc2ccccc21)c1nc2ccccc2s1. The molecule has 6 heteroatoms. The van der Waals surface area contributed by atoms with Crippen LogP contribution in [0.1, 0.15) is 23.9 Å². The molecule has 0 saturated carbocycles. The monoisotopic (exact) mass is 364 g/mol. The molecule has 2 aromatic carbocycles. The quantitative estimate of drug-likeness (QED) is 0.568. The number of carbonyl (C=O) groups excluding carboxylic acids is 1. The summed E-state index contributed by atoms with van der Waals surface area (Å²) >= 11 is 1.58. The first kappa shape index (κ1) is 16.7. The Balaban J connectivity index is 1.43. The highest BCUT2D eigenvalue weighted by Crippen LogP contribution is 2.26. The van der Waals surface area contributed by atoms with Gasteiger partial charge in [-0.1, -0.05) is 30.3 Å². The highest BCUT2D eigenvalue weighted by atomic mass is 32.1. The lowest BCUT2D eigenvalue weighted by molar-refractivity contribution is -0.119. The first-order chi connectivity index (χ1) is 12.7. The molecule has 2 heterocycles. The van der Waals surface area contributed by atoms with Crippen molar-refractivity contribution in [1.29, 1.82) is 0 Å². The summed E-state index contributed by atoms with van der Waals surface area (Å²) in [6, 6.07) is 16.3. The number of anilines is 1. The number of hydrogen-bond donors (Lipinski definition) is 1. The molecule has 5 nitrogen and oxygen atoms in total. The number of para-hydroxylation sites is 2. The standard InChI is InChI=1S/C20H20N4OS/c1-14(20-21-16-9-3-5-11-18(16)26-20)22-23-19(25)13-24-12-6-8-15-7-2-4-10-17(15)24/h2-5,7,9-11H,6,8,12-13H2,1H3,(H,23,25). The Bertz CT molecular complexity index is 946. The van der Waals surface area contributed by atoms with Crippen molar-refractivity contribution in [3.8, 4) is 0 Å². The zero-order chi connectivity index (χ0) is 17.9. The molecule has 0 fully saturated rings. The summed E-state index contributed by atoms with van der Waals surface area (Å²) < 4.78 is 1.12. The van der Waals surface area contributed by atoms with E-state index in [1.54, 1.807) is 11.3 Å². The summed E-state index contributed by atoms with van der Waals surface area (Å²) in [5, 5.41) is 5.08. The molecule has 0 bridgehead atoms. The average Bonchev–Trinajstić information content (AvgIpc) is 3.11. The molecule has 1 N–H and O–H groups in total. The van der Waals surface area contributed by atoms with Crippen LogP contribution in [0.5, 0.6) is 0 Å². The zero-order valence-electron chi connectivity index (χ0n) is 14.6. The maximum absolute atomic E-state index is 12.4. The minimum absolute atomic E-state index is 0.109. The summed E-state index contributed by atoms with van der Waals surface area (Å²) in [7, 11) is 0. The molecule has 0 aliphatic carbocycles. The van der Waals surface area contributed by atoms with Gasteiger partial charge in [-0.25, -0.2) is 10.4 Å². The van der Waals surface area contributed by atoms with Crippen molar-refractivity contribution in [3.63, 3.8) is 0 Å². The van der Waals surface area contributed by atoms with Gasteiger partial charge in [-0.3, -0.25) is 4.79 Å². The van der Waals surface area contributed by atoms with E-state index in [0.29, 0.717) is 6.54 Å². The normalized spacial score (nSPS) is 14.3. The second-order valence-electron chi connectivity index (χ2n) is 6.37. The molecule has 4 rings (SSSR count). The number of hydrogen-bond acceptors (Lipinski definition) is 5. The lowest BCUT2D eigenvalue weighted by atomic mass is 10.0. The number of carbonyl (C=O) groups is 1. The molecule has 1 amide bonds. The Hall–Kier alpha value is -2.73. The van der Waals surface area contributed by atoms with Gasteiger partial charge in [0.2, 0.25) is 0 Å². The van der Waals surface area contributed by atoms with Crippen molar-refractivity contribution in [1.82, 2.24) is 10.4 Å². The van der Waals surface area contributed by atoms with Crippen LogP contribution in [-0.4, -0.2) is 29.7 Å². The number of aromatic nitrogens is 1. The molecule has 0 saturated heterocycles. The fourth-order valence-electron chi connectivity index (χ4n) is 3.21. The van der Waals surface area contributed by atoms with Gasteiger partial charge in [-0.15, -0.1) is 11.3 Å². The first-order valence-corrected chi connectivity index (χ1v) is 9.54. The number of fused-ring (bicyclic) bond motifs is 2. The molecule has 132 valence electrons. The van der Waals surface area contributed by atoms with E-state index in [2.05, 4.69) is 32.5 Å². The first-order valence-electron chi connectivity index (χ1n) is 8.72. The summed E-state index contributed by atoms with van der Waals surface area (Å²) in [6.07, 6.45) is 2.14. The molecule has 26 heavy (non-hydrogen) atoms. The maximum Gasteiger partial charge on any atom is 0.259 e. The Morgan fingerprint density at radius 1 is 1.23 bits per heavy atom. The predicted molar refractivity (Wildman–Crippen MR) is 107 cm³/mol. The van der Waals surface area contributed by atoms with Crippen molar-refractivity contribution in [2.45, 2.75) is 19.8 Å². The third-order valence-electron chi connectivity index (χ3n) is 4.49. The van der Waals surface area contributed by atoms with Crippen LogP contribution in [0.15, 0.2) is 53.6 Å². The van der Waals surface area contributed by atoms with E-state index in [4.69, 9.17) is 0 Å². The van der Waals surface area contributed by atoms with Crippen molar-refractivity contribution < 1.29 is 4.79 Å². The van der Waals surface area contributed by atoms with Crippen molar-refractivity contribution >= 4 is 38.9 Å². The van der Waals surface area contributed by atoms with E-state index >= 15 is 0 Å². The second kappa shape index (κ2) is 7.25. The minimum Gasteiger partial charge on any atom is -0.362 e. The van der Waals surface area contributed by atoms with Gasteiger partial charge in [-0.2, -0.15) is 5.10 Å². The maximum atomic E-state index is 12.4. The molecule has 0 spiro atoms. The Morgan fingerprint density at radius 2 is 2.04 bits per heavy atom. The molecular weight excluding hydrogens is 344 g/mol. The molecular formula is C20H20N4OS. The smallest absolute Gasteiger partial charge is 0.259 e. The van der Waals surface area contributed by atoms with Crippen LogP contribution in [0.25, 0.3) is 10.2 Å². The molecule has 0 unspecified atom stereocenters. The van der Waals surface area contributed by atoms with E-state index in [9.17, 15) is 4.79 Å². The number of nitrogens with one attached hydrogen (secondary N) is 1. The molecule has 0 atom stereocenters. The highest BCUT2D eigenvalue weighted by molar-refractivity contribution is 7.20. The van der Waals surface area contributed by atoms with Crippen LogP contribution < -0.4 is 10.3 Å². The van der Waals surface area contributed by atoms with Gasteiger partial charge < -0.3 is 4.90 Å². The van der Waals surface area contributed by atoms with Gasteiger partial charge in [-0.05, 0) is 43.5 Å². The fraction of sp³-hybridized carbons (Fsp3) is 0.250. The Morgan fingerprint density at radius 3 is 2.92 bits per heavy atom. The van der Waals surface area contributed by atoms with E-state index < -0.39 is 0 Å². The third-order valence-corrected chi connectivity index (χ3v) is 5.64. The lowest BCUT2D eigenvalue weighted by Crippen LogP contribution is -2.38. The van der Waals surface area contributed by atoms with Crippen LogP contribution in [-0.2, 0) is 11.2 Å². The largest absolute Gasteiger partial charge is 0.362 e. The highest BCUT2D eigenvalue weighted by Gasteiger charge is 2.18. The number of hydrazone groups is 1.